The van der Waals surface area contributed by atoms with Crippen LogP contribution in [0.4, 0.5) is 0 Å². The van der Waals surface area contributed by atoms with Gasteiger partial charge >= 0.3 is 0 Å². The van der Waals surface area contributed by atoms with E-state index in [0.717, 1.165) is 21.5 Å². The number of amides is 1. The normalized spacial score (nSPS) is 11.8. The Balaban J connectivity index is 1.84. The van der Waals surface area contributed by atoms with Gasteiger partial charge in [-0.1, -0.05) is 29.0 Å². The maximum absolute atomic E-state index is 12.4. The Kier molecular flexibility index (Phi) is 7.43. The van der Waals surface area contributed by atoms with Gasteiger partial charge in [-0.25, -0.2) is 0 Å². The smallest absolute Gasteiger partial charge is 0.286 e. The molecule has 1 heterocycles. The molecule has 6 nitrogen and oxygen atoms in total. The van der Waals surface area contributed by atoms with Crippen molar-refractivity contribution in [2.75, 3.05) is 26.4 Å². The minimum atomic E-state index is -0.327. The average molecular weight is 415 g/mol. The number of hydrogen-bond donors (Lipinski definition) is 0. The molecule has 0 N–H and O–H groups in total. The van der Waals surface area contributed by atoms with Crippen LogP contribution in [-0.4, -0.2) is 36.9 Å². The number of nitrogens with zero attached hydrogens (tertiary/aromatic N) is 2. The summed E-state index contributed by atoms with van der Waals surface area (Å²) in [5.74, 6) is 1.13. The molecule has 2 aromatic carbocycles. The SMILES string of the molecule is CCOCCn1c(=NC(=O)COc2ccc(C)cc2)sc2cc(OCC)ccc21. The van der Waals surface area contributed by atoms with Crippen LogP contribution in [0.5, 0.6) is 11.5 Å². The number of carbonyl (C=O) groups is 1. The lowest BCUT2D eigenvalue weighted by atomic mass is 10.2. The summed E-state index contributed by atoms with van der Waals surface area (Å²) in [7, 11) is 0. The second-order valence-corrected chi connectivity index (χ2v) is 7.41. The highest BCUT2D eigenvalue weighted by Crippen LogP contribution is 2.23. The molecule has 3 aromatic rings. The molecule has 0 aliphatic carbocycles. The van der Waals surface area contributed by atoms with Crippen LogP contribution in [0.3, 0.4) is 0 Å². The van der Waals surface area contributed by atoms with E-state index in [1.165, 1.54) is 11.3 Å². The molecule has 29 heavy (non-hydrogen) atoms. The van der Waals surface area contributed by atoms with Gasteiger partial charge in [-0.2, -0.15) is 4.99 Å². The molecule has 0 aliphatic heterocycles. The number of aromatic nitrogens is 1. The van der Waals surface area contributed by atoms with Crippen LogP contribution in [0.1, 0.15) is 19.4 Å². The molecule has 0 unspecified atom stereocenters. The molecular weight excluding hydrogens is 388 g/mol. The van der Waals surface area contributed by atoms with Crippen molar-refractivity contribution < 1.29 is 19.0 Å². The van der Waals surface area contributed by atoms with Crippen molar-refractivity contribution in [1.82, 2.24) is 4.57 Å². The summed E-state index contributed by atoms with van der Waals surface area (Å²) in [6.45, 7) is 8.23. The van der Waals surface area contributed by atoms with E-state index in [9.17, 15) is 4.79 Å². The molecule has 0 radical (unpaired) electrons. The van der Waals surface area contributed by atoms with Crippen LogP contribution in [0, 0.1) is 6.92 Å². The first kappa shape index (κ1) is 21.1. The molecule has 0 fully saturated rings. The Bertz CT molecular complexity index is 1020. The monoisotopic (exact) mass is 414 g/mol. The van der Waals surface area contributed by atoms with Crippen LogP contribution in [0.25, 0.3) is 10.2 Å². The van der Waals surface area contributed by atoms with E-state index in [4.69, 9.17) is 14.2 Å². The third-order valence-corrected chi connectivity index (χ3v) is 5.27. The standard InChI is InChI=1S/C22H26N2O4S/c1-4-26-13-12-24-19-11-10-18(27-5-2)14-20(19)29-22(24)23-21(25)15-28-17-8-6-16(3)7-9-17/h6-11,14H,4-5,12-13,15H2,1-3H3. The number of aryl methyl sites for hydroxylation is 1. The molecule has 154 valence electrons. The summed E-state index contributed by atoms with van der Waals surface area (Å²) in [4.78, 5) is 17.4. The fourth-order valence-corrected chi connectivity index (χ4v) is 3.93. The lowest BCUT2D eigenvalue weighted by Gasteiger charge is -2.07. The Hall–Kier alpha value is -2.64. The molecule has 1 aromatic heterocycles. The van der Waals surface area contributed by atoms with Crippen LogP contribution >= 0.6 is 11.3 Å². The van der Waals surface area contributed by atoms with Crippen molar-refractivity contribution in [2.45, 2.75) is 27.3 Å². The van der Waals surface area contributed by atoms with Crippen LogP contribution in [0.15, 0.2) is 47.5 Å². The minimum Gasteiger partial charge on any atom is -0.494 e. The van der Waals surface area contributed by atoms with Crippen LogP contribution < -0.4 is 14.3 Å². The summed E-state index contributed by atoms with van der Waals surface area (Å²) < 4.78 is 19.7. The molecule has 0 spiro atoms. The molecule has 0 saturated heterocycles. The third-order valence-electron chi connectivity index (χ3n) is 4.23. The van der Waals surface area contributed by atoms with Gasteiger partial charge < -0.3 is 18.8 Å². The zero-order chi connectivity index (χ0) is 20.6. The number of thiazole rings is 1. The Morgan fingerprint density at radius 1 is 1.03 bits per heavy atom. The maximum Gasteiger partial charge on any atom is 0.286 e. The van der Waals surface area contributed by atoms with E-state index >= 15 is 0 Å². The largest absolute Gasteiger partial charge is 0.494 e. The molecule has 3 rings (SSSR count). The highest BCUT2D eigenvalue weighted by molar-refractivity contribution is 7.16. The first-order valence-corrected chi connectivity index (χ1v) is 10.5. The van der Waals surface area contributed by atoms with Crippen molar-refractivity contribution >= 4 is 27.5 Å². The van der Waals surface area contributed by atoms with Gasteiger partial charge in [0, 0.05) is 13.2 Å². The summed E-state index contributed by atoms with van der Waals surface area (Å²) in [5, 5.41) is 0. The maximum atomic E-state index is 12.4. The summed E-state index contributed by atoms with van der Waals surface area (Å²) in [6, 6.07) is 13.5. The van der Waals surface area contributed by atoms with Crippen molar-refractivity contribution in [3.8, 4) is 11.5 Å². The van der Waals surface area contributed by atoms with Gasteiger partial charge in [0.15, 0.2) is 11.4 Å². The first-order valence-electron chi connectivity index (χ1n) is 9.71. The second kappa shape index (κ2) is 10.2. The van der Waals surface area contributed by atoms with Gasteiger partial charge in [0.05, 0.1) is 23.4 Å². The predicted octanol–water partition coefficient (Wildman–Crippen LogP) is 3.95. The van der Waals surface area contributed by atoms with Crippen LogP contribution in [-0.2, 0) is 16.1 Å². The van der Waals surface area contributed by atoms with E-state index in [1.54, 1.807) is 0 Å². The van der Waals surface area contributed by atoms with Gasteiger partial charge in [0.2, 0.25) is 0 Å². The quantitative estimate of drug-likeness (QED) is 0.498. The Labute approximate surface area is 174 Å². The van der Waals surface area contributed by atoms with Gasteiger partial charge in [-0.3, -0.25) is 4.79 Å². The number of hydrogen-bond acceptors (Lipinski definition) is 5. The number of benzene rings is 2. The lowest BCUT2D eigenvalue weighted by molar-refractivity contribution is -0.120. The van der Waals surface area contributed by atoms with E-state index in [0.29, 0.717) is 36.9 Å². The fourth-order valence-electron chi connectivity index (χ4n) is 2.83. The second-order valence-electron chi connectivity index (χ2n) is 6.40. The van der Waals surface area contributed by atoms with Crippen molar-refractivity contribution in [3.63, 3.8) is 0 Å². The van der Waals surface area contributed by atoms with E-state index < -0.39 is 0 Å². The highest BCUT2D eigenvalue weighted by Gasteiger charge is 2.10. The number of fused-ring (bicyclic) bond motifs is 1. The average Bonchev–Trinajstić information content (AvgIpc) is 3.04. The van der Waals surface area contributed by atoms with Gasteiger partial charge in [0.25, 0.3) is 5.91 Å². The predicted molar refractivity (Wildman–Crippen MR) is 115 cm³/mol. The Morgan fingerprint density at radius 3 is 2.52 bits per heavy atom. The zero-order valence-corrected chi connectivity index (χ0v) is 17.8. The van der Waals surface area contributed by atoms with Crippen molar-refractivity contribution in [1.29, 1.82) is 0 Å². The van der Waals surface area contributed by atoms with Gasteiger partial charge in [0.1, 0.15) is 11.5 Å². The summed E-state index contributed by atoms with van der Waals surface area (Å²) in [6.07, 6.45) is 0. The number of carbonyl (C=O) groups excluding carboxylic acids is 1. The molecule has 0 bridgehead atoms. The number of rotatable bonds is 9. The van der Waals surface area contributed by atoms with Crippen LogP contribution in [0.2, 0.25) is 0 Å². The van der Waals surface area contributed by atoms with Gasteiger partial charge in [-0.15, -0.1) is 0 Å². The molecule has 7 heteroatoms. The van der Waals surface area contributed by atoms with Crippen molar-refractivity contribution in [3.05, 3.63) is 52.8 Å². The summed E-state index contributed by atoms with van der Waals surface area (Å²) in [5.41, 5.74) is 2.14. The minimum absolute atomic E-state index is 0.104. The van der Waals surface area contributed by atoms with Crippen molar-refractivity contribution in [2.24, 2.45) is 4.99 Å². The molecule has 0 atom stereocenters. The van der Waals surface area contributed by atoms with E-state index in [-0.39, 0.29) is 12.5 Å². The lowest BCUT2D eigenvalue weighted by Crippen LogP contribution is -2.21. The Morgan fingerprint density at radius 2 is 1.79 bits per heavy atom. The zero-order valence-electron chi connectivity index (χ0n) is 17.0. The fraction of sp³-hybridized carbons (Fsp3) is 0.364. The molecule has 1 amide bonds. The van der Waals surface area contributed by atoms with E-state index in [1.807, 2.05) is 67.8 Å². The highest BCUT2D eigenvalue weighted by atomic mass is 32.1. The topological polar surface area (TPSA) is 62.1 Å². The summed E-state index contributed by atoms with van der Waals surface area (Å²) >= 11 is 1.46. The first-order chi connectivity index (χ1) is 14.1. The van der Waals surface area contributed by atoms with Gasteiger partial charge in [-0.05, 0) is 51.1 Å². The van der Waals surface area contributed by atoms with E-state index in [2.05, 4.69) is 4.99 Å². The molecular formula is C22H26N2O4S. The molecule has 0 aliphatic rings. The third kappa shape index (κ3) is 5.68. The number of ether oxygens (including phenoxy) is 3. The molecule has 0 saturated carbocycles.